The number of aliphatic hydroxyl groups is 1. The van der Waals surface area contributed by atoms with Gasteiger partial charge in [-0.3, -0.25) is 9.78 Å². The lowest BCUT2D eigenvalue weighted by atomic mass is 10.0. The Morgan fingerprint density at radius 3 is 3.00 bits per heavy atom. The molecule has 1 N–H and O–H groups in total. The summed E-state index contributed by atoms with van der Waals surface area (Å²) < 4.78 is 4.71. The molecule has 108 valence electrons. The first kappa shape index (κ1) is 15.1. The number of pyridine rings is 1. The number of ether oxygens (including phenoxy) is 1. The zero-order valence-electron chi connectivity index (χ0n) is 11.0. The fourth-order valence-corrected chi connectivity index (χ4v) is 2.12. The Kier molecular flexibility index (Phi) is 4.59. The molecule has 7 nitrogen and oxygen atoms in total. The highest BCUT2D eigenvalue weighted by molar-refractivity contribution is 6.31. The van der Waals surface area contributed by atoms with E-state index in [1.54, 1.807) is 18.2 Å². The minimum Gasteiger partial charge on any atom is -0.462 e. The molecule has 0 aliphatic rings. The van der Waals surface area contributed by atoms with Crippen molar-refractivity contribution in [3.8, 4) is 0 Å². The molecule has 0 radical (unpaired) electrons. The van der Waals surface area contributed by atoms with Gasteiger partial charge in [0.2, 0.25) is 0 Å². The molecule has 1 heterocycles. The zero-order chi connectivity index (χ0) is 15.4. The first-order valence-electron chi connectivity index (χ1n) is 5.99. The average molecular weight is 307 g/mol. The van der Waals surface area contributed by atoms with Crippen LogP contribution in [-0.4, -0.2) is 22.7 Å². The highest BCUT2D eigenvalue weighted by atomic mass is 35.5. The van der Waals surface area contributed by atoms with Crippen LogP contribution in [0.5, 0.6) is 0 Å². The topological polar surface area (TPSA) is 108 Å². The van der Waals surface area contributed by atoms with E-state index in [9.17, 15) is 9.90 Å². The lowest BCUT2D eigenvalue weighted by Gasteiger charge is -2.19. The highest BCUT2D eigenvalue weighted by Crippen LogP contribution is 2.35. The average Bonchev–Trinajstić information content (AvgIpc) is 2.47. The van der Waals surface area contributed by atoms with Crippen molar-refractivity contribution >= 4 is 34.7 Å². The second-order valence-electron chi connectivity index (χ2n) is 4.30. The van der Waals surface area contributed by atoms with Crippen LogP contribution in [0.15, 0.2) is 29.5 Å². The minimum atomic E-state index is -1.16. The molecule has 0 spiro atoms. The number of aliphatic hydroxyl groups excluding tert-OH is 1. The van der Waals surface area contributed by atoms with Crippen LogP contribution in [0.3, 0.4) is 0 Å². The second-order valence-corrected chi connectivity index (χ2v) is 4.73. The summed E-state index contributed by atoms with van der Waals surface area (Å²) in [6.45, 7) is 1.76. The zero-order valence-corrected chi connectivity index (χ0v) is 11.7. The summed E-state index contributed by atoms with van der Waals surface area (Å²) in [5.74, 6) is 0. The van der Waals surface area contributed by atoms with Crippen LogP contribution < -0.4 is 0 Å². The van der Waals surface area contributed by atoms with E-state index >= 15 is 0 Å². The first-order valence-corrected chi connectivity index (χ1v) is 6.36. The van der Waals surface area contributed by atoms with Crippen LogP contribution in [0, 0.1) is 0 Å². The van der Waals surface area contributed by atoms with Crippen LogP contribution in [0.1, 0.15) is 18.6 Å². The number of rotatable bonds is 5. The maximum Gasteiger partial charge on any atom is 0.293 e. The quantitative estimate of drug-likeness (QED) is 0.395. The SMILES string of the molecule is CC(OC=O)C(O)c1cnc2cc(Cl)ccc2c1N=[N+]=[N-]. The van der Waals surface area contributed by atoms with Gasteiger partial charge < -0.3 is 9.84 Å². The molecule has 2 aromatic rings. The molecule has 0 aliphatic carbocycles. The number of azide groups is 1. The Balaban J connectivity index is 2.63. The normalized spacial score (nSPS) is 13.3. The third-order valence-electron chi connectivity index (χ3n) is 3.01. The maximum atomic E-state index is 10.4. The Hall–Kier alpha value is -2.34. The van der Waals surface area contributed by atoms with Crippen LogP contribution in [0.2, 0.25) is 5.02 Å². The number of carbonyl (C=O) groups is 1. The molecule has 2 unspecified atom stereocenters. The van der Waals surface area contributed by atoms with Gasteiger partial charge in [-0.2, -0.15) is 0 Å². The Labute approximate surface area is 124 Å². The van der Waals surface area contributed by atoms with Gasteiger partial charge in [0.25, 0.3) is 6.47 Å². The predicted molar refractivity (Wildman–Crippen MR) is 77.1 cm³/mol. The molecule has 0 amide bonds. The number of nitrogens with zero attached hydrogens (tertiary/aromatic N) is 4. The van der Waals surface area contributed by atoms with E-state index in [0.29, 0.717) is 15.9 Å². The molecule has 0 bridgehead atoms. The van der Waals surface area contributed by atoms with Crippen LogP contribution >= 0.6 is 11.6 Å². The van der Waals surface area contributed by atoms with E-state index < -0.39 is 12.2 Å². The van der Waals surface area contributed by atoms with E-state index in [2.05, 4.69) is 15.0 Å². The summed E-state index contributed by atoms with van der Waals surface area (Å²) in [6, 6.07) is 4.90. The predicted octanol–water partition coefficient (Wildman–Crippen LogP) is 3.42. The Morgan fingerprint density at radius 1 is 1.57 bits per heavy atom. The third kappa shape index (κ3) is 3.05. The van der Waals surface area contributed by atoms with Crippen LogP contribution in [0.25, 0.3) is 21.3 Å². The van der Waals surface area contributed by atoms with Gasteiger partial charge in [-0.05, 0) is 24.6 Å². The summed E-state index contributed by atoms with van der Waals surface area (Å²) in [6.07, 6.45) is -0.595. The Bertz CT molecular complexity index is 731. The molecule has 0 saturated carbocycles. The van der Waals surface area contributed by atoms with Crippen molar-refractivity contribution in [1.82, 2.24) is 4.98 Å². The largest absolute Gasteiger partial charge is 0.462 e. The van der Waals surface area contributed by atoms with Crippen LogP contribution in [0.4, 0.5) is 5.69 Å². The van der Waals surface area contributed by atoms with Gasteiger partial charge in [-0.15, -0.1) is 0 Å². The molecule has 21 heavy (non-hydrogen) atoms. The number of hydrogen-bond acceptors (Lipinski definition) is 5. The van der Waals surface area contributed by atoms with Crippen molar-refractivity contribution < 1.29 is 14.6 Å². The molecule has 2 rings (SSSR count). The summed E-state index contributed by atoms with van der Waals surface area (Å²) in [4.78, 5) is 17.3. The van der Waals surface area contributed by atoms with Crippen molar-refractivity contribution in [2.24, 2.45) is 5.11 Å². The van der Waals surface area contributed by atoms with Crippen molar-refractivity contribution in [3.05, 3.63) is 45.4 Å². The number of fused-ring (bicyclic) bond motifs is 1. The smallest absolute Gasteiger partial charge is 0.293 e. The van der Waals surface area contributed by atoms with Gasteiger partial charge >= 0.3 is 0 Å². The van der Waals surface area contributed by atoms with Gasteiger partial charge in [-0.1, -0.05) is 22.8 Å². The Morgan fingerprint density at radius 2 is 2.33 bits per heavy atom. The number of aromatic nitrogens is 1. The van der Waals surface area contributed by atoms with Crippen LogP contribution in [-0.2, 0) is 9.53 Å². The fraction of sp³-hybridized carbons (Fsp3) is 0.231. The number of hydrogen-bond donors (Lipinski definition) is 1. The molecule has 0 aliphatic heterocycles. The van der Waals surface area contributed by atoms with E-state index in [1.807, 2.05) is 0 Å². The van der Waals surface area contributed by atoms with E-state index in [1.165, 1.54) is 13.1 Å². The molecule has 1 aromatic heterocycles. The molecule has 0 fully saturated rings. The van der Waals surface area contributed by atoms with Gasteiger partial charge in [-0.25, -0.2) is 0 Å². The molecular weight excluding hydrogens is 296 g/mol. The van der Waals surface area contributed by atoms with Crippen molar-refractivity contribution in [2.45, 2.75) is 19.1 Å². The van der Waals surface area contributed by atoms with Crippen molar-refractivity contribution in [1.29, 1.82) is 0 Å². The number of benzene rings is 1. The summed E-state index contributed by atoms with van der Waals surface area (Å²) >= 11 is 5.89. The van der Waals surface area contributed by atoms with E-state index in [0.717, 1.165) is 0 Å². The highest BCUT2D eigenvalue weighted by Gasteiger charge is 2.22. The first-order chi connectivity index (χ1) is 10.1. The molecule has 0 saturated heterocycles. The van der Waals surface area contributed by atoms with Gasteiger partial charge in [0.15, 0.2) is 0 Å². The number of halogens is 1. The van der Waals surface area contributed by atoms with Crippen molar-refractivity contribution in [2.75, 3.05) is 0 Å². The third-order valence-corrected chi connectivity index (χ3v) is 3.24. The number of carbonyl (C=O) groups excluding carboxylic acids is 1. The summed E-state index contributed by atoms with van der Waals surface area (Å²) in [5.41, 5.74) is 9.76. The molecule has 1 aromatic carbocycles. The van der Waals surface area contributed by atoms with Crippen molar-refractivity contribution in [3.63, 3.8) is 0 Å². The lowest BCUT2D eigenvalue weighted by Crippen LogP contribution is -2.18. The lowest BCUT2D eigenvalue weighted by molar-refractivity contribution is -0.138. The molecule has 8 heteroatoms. The fourth-order valence-electron chi connectivity index (χ4n) is 1.96. The summed E-state index contributed by atoms with van der Waals surface area (Å²) in [5, 5.41) is 14.9. The standard InChI is InChI=1S/C13H11ClN4O3/c1-7(21-6-19)13(20)10-5-16-11-4-8(14)2-3-9(11)12(10)17-18-15/h2-7,13,20H,1H3. The minimum absolute atomic E-state index is 0.230. The second kappa shape index (κ2) is 6.41. The van der Waals surface area contributed by atoms with E-state index in [4.69, 9.17) is 21.9 Å². The monoisotopic (exact) mass is 306 g/mol. The summed E-state index contributed by atoms with van der Waals surface area (Å²) in [7, 11) is 0. The van der Waals surface area contributed by atoms with Gasteiger partial charge in [0, 0.05) is 27.1 Å². The maximum absolute atomic E-state index is 10.4. The molecular formula is C13H11ClN4O3. The van der Waals surface area contributed by atoms with E-state index in [-0.39, 0.29) is 17.7 Å². The van der Waals surface area contributed by atoms with Gasteiger partial charge in [0.05, 0.1) is 11.2 Å². The molecule has 2 atom stereocenters. The van der Waals surface area contributed by atoms with Gasteiger partial charge in [0.1, 0.15) is 12.2 Å².